The number of nitro groups is 1. The van der Waals surface area contributed by atoms with Crippen molar-refractivity contribution in [3.8, 4) is 0 Å². The fraction of sp³-hybridized carbons (Fsp3) is 0.0769. The van der Waals surface area contributed by atoms with Crippen LogP contribution in [0.2, 0.25) is 0 Å². The van der Waals surface area contributed by atoms with Gasteiger partial charge in [-0.05, 0) is 40.2 Å². The number of benzene rings is 2. The normalized spacial score (nSPS) is 10.3. The average molecular weight is 343 g/mol. The van der Waals surface area contributed by atoms with Gasteiger partial charge in [0, 0.05) is 23.9 Å². The monoisotopic (exact) mass is 342 g/mol. The first kappa shape index (κ1) is 14.4. The molecular formula is C13H9BrF2N2O2. The zero-order chi connectivity index (χ0) is 14.7. The Morgan fingerprint density at radius 2 is 1.85 bits per heavy atom. The summed E-state index contributed by atoms with van der Waals surface area (Å²) in [6.07, 6.45) is 0. The quantitative estimate of drug-likeness (QED) is 0.667. The molecule has 0 heterocycles. The van der Waals surface area contributed by atoms with E-state index in [-0.39, 0.29) is 17.8 Å². The van der Waals surface area contributed by atoms with Crippen LogP contribution in [0.4, 0.5) is 20.2 Å². The van der Waals surface area contributed by atoms with Crippen molar-refractivity contribution < 1.29 is 13.7 Å². The topological polar surface area (TPSA) is 55.2 Å². The molecule has 104 valence electrons. The van der Waals surface area contributed by atoms with Crippen molar-refractivity contribution in [1.29, 1.82) is 0 Å². The van der Waals surface area contributed by atoms with E-state index in [1.807, 2.05) is 0 Å². The SMILES string of the molecule is O=[N+]([O-])c1ccc(NCc2c(F)cccc2F)cc1Br. The van der Waals surface area contributed by atoms with E-state index >= 15 is 0 Å². The Morgan fingerprint density at radius 3 is 2.40 bits per heavy atom. The van der Waals surface area contributed by atoms with Crippen LogP contribution in [0, 0.1) is 21.7 Å². The van der Waals surface area contributed by atoms with Gasteiger partial charge in [0.2, 0.25) is 0 Å². The molecule has 2 aromatic carbocycles. The first-order chi connectivity index (χ1) is 9.49. The lowest BCUT2D eigenvalue weighted by atomic mass is 10.2. The molecule has 2 rings (SSSR count). The summed E-state index contributed by atoms with van der Waals surface area (Å²) >= 11 is 3.07. The fourth-order valence-electron chi connectivity index (χ4n) is 1.66. The molecule has 0 aliphatic rings. The van der Waals surface area contributed by atoms with Gasteiger partial charge < -0.3 is 5.32 Å². The second-order valence-corrected chi connectivity index (χ2v) is 4.83. The summed E-state index contributed by atoms with van der Waals surface area (Å²) in [4.78, 5) is 10.1. The highest BCUT2D eigenvalue weighted by Crippen LogP contribution is 2.28. The van der Waals surface area contributed by atoms with Gasteiger partial charge in [-0.15, -0.1) is 0 Å². The number of anilines is 1. The summed E-state index contributed by atoms with van der Waals surface area (Å²) in [5.74, 6) is -1.28. The second kappa shape index (κ2) is 5.96. The summed E-state index contributed by atoms with van der Waals surface area (Å²) in [5, 5.41) is 13.5. The number of hydrogen-bond acceptors (Lipinski definition) is 3. The van der Waals surface area contributed by atoms with Gasteiger partial charge in [0.05, 0.1) is 9.40 Å². The van der Waals surface area contributed by atoms with Gasteiger partial charge in [-0.2, -0.15) is 0 Å². The third-order valence-electron chi connectivity index (χ3n) is 2.68. The highest BCUT2D eigenvalue weighted by atomic mass is 79.9. The lowest BCUT2D eigenvalue weighted by Crippen LogP contribution is -2.04. The Kier molecular flexibility index (Phi) is 4.29. The first-order valence-corrected chi connectivity index (χ1v) is 6.39. The van der Waals surface area contributed by atoms with Crippen molar-refractivity contribution in [3.63, 3.8) is 0 Å². The van der Waals surface area contributed by atoms with E-state index in [1.54, 1.807) is 0 Å². The van der Waals surface area contributed by atoms with Crippen LogP contribution in [-0.4, -0.2) is 4.92 Å². The second-order valence-electron chi connectivity index (χ2n) is 3.98. The predicted octanol–water partition coefficient (Wildman–Crippen LogP) is 4.25. The lowest BCUT2D eigenvalue weighted by Gasteiger charge is -2.08. The number of hydrogen-bond donors (Lipinski definition) is 1. The van der Waals surface area contributed by atoms with Gasteiger partial charge in [0.25, 0.3) is 5.69 Å². The van der Waals surface area contributed by atoms with E-state index in [0.717, 1.165) is 0 Å². The standard InChI is InChI=1S/C13H9BrF2N2O2/c14-10-6-8(4-5-13(10)18(19)20)17-7-9-11(15)2-1-3-12(9)16/h1-6,17H,7H2. The van der Waals surface area contributed by atoms with Gasteiger partial charge in [0.15, 0.2) is 0 Å². The van der Waals surface area contributed by atoms with Crippen LogP contribution >= 0.6 is 15.9 Å². The average Bonchev–Trinajstić information content (AvgIpc) is 2.37. The minimum atomic E-state index is -0.640. The molecule has 0 aliphatic carbocycles. The molecule has 0 fully saturated rings. The Labute approximate surface area is 121 Å². The first-order valence-electron chi connectivity index (χ1n) is 5.59. The third-order valence-corrected chi connectivity index (χ3v) is 3.31. The number of halogens is 3. The molecule has 0 radical (unpaired) electrons. The molecule has 0 amide bonds. The van der Waals surface area contributed by atoms with Crippen LogP contribution in [0.5, 0.6) is 0 Å². The van der Waals surface area contributed by atoms with Crippen LogP contribution < -0.4 is 5.32 Å². The van der Waals surface area contributed by atoms with E-state index in [2.05, 4.69) is 21.2 Å². The minimum Gasteiger partial charge on any atom is -0.381 e. The Morgan fingerprint density at radius 1 is 1.20 bits per heavy atom. The van der Waals surface area contributed by atoms with Crippen molar-refractivity contribution in [3.05, 3.63) is 68.2 Å². The van der Waals surface area contributed by atoms with Crippen molar-refractivity contribution in [2.24, 2.45) is 0 Å². The maximum absolute atomic E-state index is 13.4. The zero-order valence-electron chi connectivity index (χ0n) is 10.1. The number of nitrogens with zero attached hydrogens (tertiary/aromatic N) is 1. The molecule has 0 aliphatic heterocycles. The van der Waals surface area contributed by atoms with Crippen molar-refractivity contribution in [2.75, 3.05) is 5.32 Å². The summed E-state index contributed by atoms with van der Waals surface area (Å²) in [7, 11) is 0. The summed E-state index contributed by atoms with van der Waals surface area (Å²) < 4.78 is 27.1. The highest BCUT2D eigenvalue weighted by Gasteiger charge is 2.12. The van der Waals surface area contributed by atoms with Crippen LogP contribution in [0.25, 0.3) is 0 Å². The molecule has 2 aromatic rings. The minimum absolute atomic E-state index is 0.0528. The molecule has 0 saturated heterocycles. The molecule has 4 nitrogen and oxygen atoms in total. The van der Waals surface area contributed by atoms with Crippen LogP contribution in [-0.2, 0) is 6.54 Å². The molecule has 0 aromatic heterocycles. The van der Waals surface area contributed by atoms with Gasteiger partial charge >= 0.3 is 0 Å². The zero-order valence-corrected chi connectivity index (χ0v) is 11.7. The molecule has 0 bridgehead atoms. The van der Waals surface area contributed by atoms with Gasteiger partial charge in [0.1, 0.15) is 11.6 Å². The molecule has 1 N–H and O–H groups in total. The van der Waals surface area contributed by atoms with Crippen molar-refractivity contribution >= 4 is 27.3 Å². The molecule has 0 spiro atoms. The van der Waals surface area contributed by atoms with Gasteiger partial charge in [-0.25, -0.2) is 8.78 Å². The van der Waals surface area contributed by atoms with E-state index in [4.69, 9.17) is 0 Å². The van der Waals surface area contributed by atoms with Crippen LogP contribution in [0.3, 0.4) is 0 Å². The smallest absolute Gasteiger partial charge is 0.283 e. The third kappa shape index (κ3) is 3.11. The van der Waals surface area contributed by atoms with Crippen molar-refractivity contribution in [2.45, 2.75) is 6.54 Å². The van der Waals surface area contributed by atoms with E-state index in [1.165, 1.54) is 36.4 Å². The predicted molar refractivity (Wildman–Crippen MR) is 74.5 cm³/mol. The number of nitro benzene ring substituents is 1. The van der Waals surface area contributed by atoms with Gasteiger partial charge in [-0.1, -0.05) is 6.07 Å². The van der Waals surface area contributed by atoms with E-state index in [9.17, 15) is 18.9 Å². The summed E-state index contributed by atoms with van der Waals surface area (Å²) in [6.45, 7) is -0.0528. The maximum atomic E-state index is 13.4. The maximum Gasteiger partial charge on any atom is 0.283 e. The Hall–Kier alpha value is -2.02. The van der Waals surface area contributed by atoms with Crippen LogP contribution in [0.15, 0.2) is 40.9 Å². The fourth-order valence-corrected chi connectivity index (χ4v) is 2.18. The number of rotatable bonds is 4. The van der Waals surface area contributed by atoms with Gasteiger partial charge in [-0.3, -0.25) is 10.1 Å². The number of nitrogens with one attached hydrogen (secondary N) is 1. The lowest BCUT2D eigenvalue weighted by molar-refractivity contribution is -0.385. The molecule has 0 unspecified atom stereocenters. The molecular weight excluding hydrogens is 334 g/mol. The summed E-state index contributed by atoms with van der Waals surface area (Å²) in [6, 6.07) is 7.90. The summed E-state index contributed by atoms with van der Waals surface area (Å²) in [5.41, 5.74) is 0.361. The highest BCUT2D eigenvalue weighted by molar-refractivity contribution is 9.10. The van der Waals surface area contributed by atoms with Crippen LogP contribution in [0.1, 0.15) is 5.56 Å². The molecule has 0 saturated carbocycles. The van der Waals surface area contributed by atoms with E-state index < -0.39 is 16.6 Å². The molecule has 7 heteroatoms. The van der Waals surface area contributed by atoms with E-state index in [0.29, 0.717) is 10.2 Å². The molecule has 20 heavy (non-hydrogen) atoms. The largest absolute Gasteiger partial charge is 0.381 e. The Bertz CT molecular complexity index is 645. The molecule has 0 atom stereocenters. The Balaban J connectivity index is 2.16. The van der Waals surface area contributed by atoms with Crippen molar-refractivity contribution in [1.82, 2.24) is 0 Å².